The van der Waals surface area contributed by atoms with Gasteiger partial charge in [-0.1, -0.05) is 0 Å². The number of aromatic nitrogens is 2. The summed E-state index contributed by atoms with van der Waals surface area (Å²) in [7, 11) is 0. The van der Waals surface area contributed by atoms with Crippen molar-refractivity contribution in [1.29, 1.82) is 0 Å². The number of aryl methyl sites for hydroxylation is 1. The van der Waals surface area contributed by atoms with Gasteiger partial charge >= 0.3 is 0 Å². The SMILES string of the molecule is Cc1csc(C(C)NC(=O)c2ccc(F)nc2)n1. The number of halogens is 1. The molecule has 0 aliphatic heterocycles. The molecule has 0 fully saturated rings. The van der Waals surface area contributed by atoms with Gasteiger partial charge in [0.2, 0.25) is 5.95 Å². The van der Waals surface area contributed by atoms with Crippen LogP contribution in [0, 0.1) is 12.9 Å². The monoisotopic (exact) mass is 265 g/mol. The average Bonchev–Trinajstić information content (AvgIpc) is 2.76. The largest absolute Gasteiger partial charge is 0.343 e. The molecule has 94 valence electrons. The van der Waals surface area contributed by atoms with Crippen LogP contribution in [0.4, 0.5) is 4.39 Å². The molecule has 0 aliphatic carbocycles. The first-order valence-corrected chi connectivity index (χ1v) is 6.28. The summed E-state index contributed by atoms with van der Waals surface area (Å²) in [5.74, 6) is -0.891. The molecular formula is C12H12FN3OS. The van der Waals surface area contributed by atoms with Gasteiger partial charge in [0.15, 0.2) is 0 Å². The Morgan fingerprint density at radius 3 is 2.83 bits per heavy atom. The fraction of sp³-hybridized carbons (Fsp3) is 0.250. The second-order valence-electron chi connectivity index (χ2n) is 3.89. The summed E-state index contributed by atoms with van der Waals surface area (Å²) in [6, 6.07) is 2.38. The number of nitrogens with zero attached hydrogens (tertiary/aromatic N) is 2. The van der Waals surface area contributed by atoms with E-state index in [0.717, 1.165) is 16.8 Å². The van der Waals surface area contributed by atoms with Gasteiger partial charge in [0.05, 0.1) is 11.6 Å². The van der Waals surface area contributed by atoms with Crippen molar-refractivity contribution in [3.63, 3.8) is 0 Å². The standard InChI is InChI=1S/C12H12FN3OS/c1-7-6-18-12(15-7)8(2)16-11(17)9-3-4-10(13)14-5-9/h3-6,8H,1-2H3,(H,16,17). The zero-order valence-electron chi connectivity index (χ0n) is 9.98. The molecule has 4 nitrogen and oxygen atoms in total. The highest BCUT2D eigenvalue weighted by Gasteiger charge is 2.14. The molecule has 18 heavy (non-hydrogen) atoms. The lowest BCUT2D eigenvalue weighted by Gasteiger charge is -2.10. The zero-order chi connectivity index (χ0) is 13.1. The van der Waals surface area contributed by atoms with E-state index in [1.165, 1.54) is 23.6 Å². The number of carbonyl (C=O) groups excluding carboxylic acids is 1. The van der Waals surface area contributed by atoms with Crippen molar-refractivity contribution in [2.24, 2.45) is 0 Å². The second kappa shape index (κ2) is 5.22. The molecule has 0 saturated heterocycles. The van der Waals surface area contributed by atoms with Gasteiger partial charge in [-0.2, -0.15) is 4.39 Å². The maximum Gasteiger partial charge on any atom is 0.253 e. The van der Waals surface area contributed by atoms with Crippen LogP contribution in [-0.4, -0.2) is 15.9 Å². The van der Waals surface area contributed by atoms with E-state index in [9.17, 15) is 9.18 Å². The van der Waals surface area contributed by atoms with Crippen LogP contribution in [0.25, 0.3) is 0 Å². The summed E-state index contributed by atoms with van der Waals surface area (Å²) < 4.78 is 12.6. The Balaban J connectivity index is 2.05. The Morgan fingerprint density at radius 1 is 1.50 bits per heavy atom. The molecule has 1 N–H and O–H groups in total. The van der Waals surface area contributed by atoms with Gasteiger partial charge in [0.25, 0.3) is 5.91 Å². The lowest BCUT2D eigenvalue weighted by molar-refractivity contribution is 0.0939. The zero-order valence-corrected chi connectivity index (χ0v) is 10.8. The number of carbonyl (C=O) groups is 1. The number of nitrogens with one attached hydrogen (secondary N) is 1. The predicted octanol–water partition coefficient (Wildman–Crippen LogP) is 2.48. The summed E-state index contributed by atoms with van der Waals surface area (Å²) in [6.45, 7) is 3.76. The Bertz CT molecular complexity index is 553. The highest BCUT2D eigenvalue weighted by molar-refractivity contribution is 7.09. The van der Waals surface area contributed by atoms with E-state index in [0.29, 0.717) is 5.56 Å². The molecule has 2 aromatic heterocycles. The summed E-state index contributed by atoms with van der Waals surface area (Å²) in [4.78, 5) is 19.6. The van der Waals surface area contributed by atoms with Gasteiger partial charge in [-0.25, -0.2) is 9.97 Å². The molecule has 0 bridgehead atoms. The average molecular weight is 265 g/mol. The third-order valence-corrected chi connectivity index (χ3v) is 3.49. The Morgan fingerprint density at radius 2 is 2.28 bits per heavy atom. The smallest absolute Gasteiger partial charge is 0.253 e. The molecule has 0 aliphatic rings. The van der Waals surface area contributed by atoms with E-state index < -0.39 is 5.95 Å². The number of hydrogen-bond acceptors (Lipinski definition) is 4. The van der Waals surface area contributed by atoms with Crippen molar-refractivity contribution >= 4 is 17.2 Å². The molecule has 1 amide bonds. The van der Waals surface area contributed by atoms with E-state index in [2.05, 4.69) is 15.3 Å². The molecular weight excluding hydrogens is 253 g/mol. The third-order valence-electron chi connectivity index (χ3n) is 2.34. The molecule has 1 unspecified atom stereocenters. The van der Waals surface area contributed by atoms with Crippen molar-refractivity contribution in [1.82, 2.24) is 15.3 Å². The van der Waals surface area contributed by atoms with Crippen LogP contribution in [0.5, 0.6) is 0 Å². The Labute approximate surface area is 108 Å². The summed E-state index contributed by atoms with van der Waals surface area (Å²) in [5, 5.41) is 5.56. The van der Waals surface area contributed by atoms with E-state index in [1.54, 1.807) is 0 Å². The minimum Gasteiger partial charge on any atom is -0.343 e. The van der Waals surface area contributed by atoms with Crippen LogP contribution in [0.3, 0.4) is 0 Å². The molecule has 0 spiro atoms. The highest BCUT2D eigenvalue weighted by atomic mass is 32.1. The van der Waals surface area contributed by atoms with Crippen LogP contribution in [0.15, 0.2) is 23.7 Å². The van der Waals surface area contributed by atoms with Crippen molar-refractivity contribution in [3.8, 4) is 0 Å². The fourth-order valence-electron chi connectivity index (χ4n) is 1.42. The van der Waals surface area contributed by atoms with Gasteiger partial charge in [-0.3, -0.25) is 4.79 Å². The molecule has 2 aromatic rings. The number of pyridine rings is 1. The fourth-order valence-corrected chi connectivity index (χ4v) is 2.23. The predicted molar refractivity (Wildman–Crippen MR) is 66.9 cm³/mol. The summed E-state index contributed by atoms with van der Waals surface area (Å²) in [5.41, 5.74) is 1.26. The van der Waals surface area contributed by atoms with Crippen molar-refractivity contribution in [2.75, 3.05) is 0 Å². The maximum atomic E-state index is 12.6. The van der Waals surface area contributed by atoms with Crippen LogP contribution >= 0.6 is 11.3 Å². The first-order chi connectivity index (χ1) is 8.56. The highest BCUT2D eigenvalue weighted by Crippen LogP contribution is 2.17. The molecule has 0 saturated carbocycles. The van der Waals surface area contributed by atoms with Crippen molar-refractivity contribution in [2.45, 2.75) is 19.9 Å². The Hall–Kier alpha value is -1.82. The second-order valence-corrected chi connectivity index (χ2v) is 4.78. The Kier molecular flexibility index (Phi) is 3.66. The van der Waals surface area contributed by atoms with Crippen LogP contribution in [-0.2, 0) is 0 Å². The first-order valence-electron chi connectivity index (χ1n) is 5.40. The number of thiazole rings is 1. The van der Waals surface area contributed by atoms with E-state index in [1.807, 2.05) is 19.2 Å². The maximum absolute atomic E-state index is 12.6. The first kappa shape index (κ1) is 12.6. The van der Waals surface area contributed by atoms with Gasteiger partial charge in [0, 0.05) is 17.3 Å². The van der Waals surface area contributed by atoms with Gasteiger partial charge in [0.1, 0.15) is 5.01 Å². The van der Waals surface area contributed by atoms with Crippen LogP contribution < -0.4 is 5.32 Å². The molecule has 2 rings (SSSR count). The summed E-state index contributed by atoms with van der Waals surface area (Å²) in [6.07, 6.45) is 1.21. The number of amides is 1. The van der Waals surface area contributed by atoms with E-state index >= 15 is 0 Å². The quantitative estimate of drug-likeness (QED) is 0.867. The van der Waals surface area contributed by atoms with E-state index in [-0.39, 0.29) is 11.9 Å². The van der Waals surface area contributed by atoms with Crippen LogP contribution in [0.2, 0.25) is 0 Å². The van der Waals surface area contributed by atoms with Crippen molar-refractivity contribution < 1.29 is 9.18 Å². The molecule has 6 heteroatoms. The topological polar surface area (TPSA) is 54.9 Å². The van der Waals surface area contributed by atoms with Gasteiger partial charge in [-0.15, -0.1) is 11.3 Å². The normalized spacial score (nSPS) is 12.2. The molecule has 2 heterocycles. The number of rotatable bonds is 3. The minimum absolute atomic E-state index is 0.179. The lowest BCUT2D eigenvalue weighted by atomic mass is 10.2. The molecule has 1 atom stereocenters. The van der Waals surface area contributed by atoms with Crippen molar-refractivity contribution in [3.05, 3.63) is 45.9 Å². The van der Waals surface area contributed by atoms with Gasteiger partial charge < -0.3 is 5.32 Å². The lowest BCUT2D eigenvalue weighted by Crippen LogP contribution is -2.26. The minimum atomic E-state index is -0.602. The molecule has 0 aromatic carbocycles. The molecule has 0 radical (unpaired) electrons. The van der Waals surface area contributed by atoms with Gasteiger partial charge in [-0.05, 0) is 26.0 Å². The van der Waals surface area contributed by atoms with E-state index in [4.69, 9.17) is 0 Å². The third kappa shape index (κ3) is 2.89. The number of hydrogen-bond donors (Lipinski definition) is 1. The van der Waals surface area contributed by atoms with Crippen LogP contribution in [0.1, 0.15) is 34.0 Å². The summed E-state index contributed by atoms with van der Waals surface area (Å²) >= 11 is 1.50.